The summed E-state index contributed by atoms with van der Waals surface area (Å²) in [5, 5.41) is 11.8. The third-order valence-corrected chi connectivity index (χ3v) is 0.928. The number of hydrogen-bond donors (Lipinski definition) is 2. The first-order chi connectivity index (χ1) is 5.31. The minimum absolute atomic E-state index is 0.0648. The summed E-state index contributed by atoms with van der Waals surface area (Å²) in [7, 11) is 3.53. The molecule has 0 aromatic rings. The fourth-order valence-electron chi connectivity index (χ4n) is 0.339. The van der Waals surface area contributed by atoms with Crippen LogP contribution in [0.4, 0.5) is 0 Å². The van der Waals surface area contributed by atoms with E-state index in [9.17, 15) is 4.79 Å². The van der Waals surface area contributed by atoms with Gasteiger partial charge in [0, 0.05) is 0 Å². The zero-order chi connectivity index (χ0) is 8.53. The van der Waals surface area contributed by atoms with E-state index < -0.39 is 0 Å². The second kappa shape index (κ2) is 7.50. The first-order valence-electron chi connectivity index (χ1n) is 2.96. The number of aliphatic hydroxyl groups excluding tert-OH is 1. The third kappa shape index (κ3) is 7.29. The van der Waals surface area contributed by atoms with Crippen molar-refractivity contribution in [2.45, 2.75) is 6.42 Å². The Morgan fingerprint density at radius 2 is 2.55 bits per heavy atom. The van der Waals surface area contributed by atoms with Crippen molar-refractivity contribution in [1.82, 2.24) is 5.43 Å². The summed E-state index contributed by atoms with van der Waals surface area (Å²) in [4.78, 5) is 10.6. The first-order valence-corrected chi connectivity index (χ1v) is 3.47. The van der Waals surface area contributed by atoms with Crippen LogP contribution in [0.2, 0.25) is 0 Å². The number of amides is 1. The summed E-state index contributed by atoms with van der Waals surface area (Å²) in [6.07, 6.45) is 1.40. The van der Waals surface area contributed by atoms with Crippen LogP contribution in [-0.4, -0.2) is 30.8 Å². The number of hydrazone groups is 1. The Kier molecular flexibility index (Phi) is 7.09. The fraction of sp³-hybridized carbons (Fsp3) is 0.500. The Morgan fingerprint density at radius 3 is 3.09 bits per heavy atom. The Hall–Kier alpha value is -0.605. The monoisotopic (exact) mass is 173 g/mol. The van der Waals surface area contributed by atoms with E-state index in [1.54, 1.807) is 0 Å². The van der Waals surface area contributed by atoms with Gasteiger partial charge in [0.2, 0.25) is 0 Å². The summed E-state index contributed by atoms with van der Waals surface area (Å²) in [6, 6.07) is 0. The summed E-state index contributed by atoms with van der Waals surface area (Å²) < 4.78 is 3.52. The van der Waals surface area contributed by atoms with Gasteiger partial charge in [0.1, 0.15) is 0 Å². The molecule has 0 spiro atoms. The van der Waals surface area contributed by atoms with Gasteiger partial charge in [-0.05, 0) is 0 Å². The molecule has 60 valence electrons. The van der Waals surface area contributed by atoms with Crippen molar-refractivity contribution in [1.29, 1.82) is 0 Å². The molecule has 11 heavy (non-hydrogen) atoms. The van der Waals surface area contributed by atoms with Crippen LogP contribution in [0, 0.1) is 0 Å². The van der Waals surface area contributed by atoms with Crippen LogP contribution in [0.15, 0.2) is 9.77 Å². The predicted octanol–water partition coefficient (Wildman–Crippen LogP) is -0.894. The van der Waals surface area contributed by atoms with Crippen molar-refractivity contribution in [3.8, 4) is 0 Å². The number of rotatable bonds is 4. The maximum atomic E-state index is 10.6. The molecule has 0 rings (SSSR count). The average Bonchev–Trinajstić information content (AvgIpc) is 1.99. The predicted molar refractivity (Wildman–Crippen MR) is 46.2 cm³/mol. The number of carbonyl (C=O) groups is 1. The van der Waals surface area contributed by atoms with Gasteiger partial charge in [0.05, 0.1) is 0 Å². The average molecular weight is 173 g/mol. The molecule has 5 nitrogen and oxygen atoms in total. The molecule has 0 saturated carbocycles. The summed E-state index contributed by atoms with van der Waals surface area (Å²) in [5.74, 6) is -0.319. The van der Waals surface area contributed by atoms with Crippen LogP contribution in [0.1, 0.15) is 6.42 Å². The van der Waals surface area contributed by atoms with Gasteiger partial charge in [-0.3, -0.25) is 0 Å². The summed E-state index contributed by atoms with van der Waals surface area (Å²) in [6.45, 7) is -0.168. The van der Waals surface area contributed by atoms with E-state index in [1.807, 2.05) is 0 Å². The van der Waals surface area contributed by atoms with Gasteiger partial charge < -0.3 is 0 Å². The van der Waals surface area contributed by atoms with Crippen molar-refractivity contribution in [3.63, 3.8) is 0 Å². The van der Waals surface area contributed by atoms with E-state index in [0.29, 0.717) is 0 Å². The molecule has 1 atom stereocenters. The molecule has 0 bridgehead atoms. The summed E-state index contributed by atoms with van der Waals surface area (Å²) in [5.41, 5.74) is 2.19. The normalized spacial score (nSPS) is 10.4. The van der Waals surface area contributed by atoms with Gasteiger partial charge >= 0.3 is 66.6 Å². The van der Waals surface area contributed by atoms with Crippen LogP contribution >= 0.6 is 9.39 Å². The van der Waals surface area contributed by atoms with E-state index in [-0.39, 0.29) is 18.9 Å². The Balaban J connectivity index is 3.44. The molecular formula is C4H9BN3O2P. The molecule has 0 radical (unpaired) electrons. The number of nitrogens with one attached hydrogen (secondary N) is 1. The van der Waals surface area contributed by atoms with E-state index in [4.69, 9.17) is 5.11 Å². The molecule has 7 heteroatoms. The molecule has 1 amide bonds. The van der Waals surface area contributed by atoms with E-state index in [2.05, 4.69) is 24.6 Å². The van der Waals surface area contributed by atoms with Crippen molar-refractivity contribution in [3.05, 3.63) is 0 Å². The van der Waals surface area contributed by atoms with Crippen LogP contribution < -0.4 is 5.43 Å². The molecule has 0 aliphatic heterocycles. The SMILES string of the molecule is O=C(CCO)NN=C/B=N/P. The molecule has 0 heterocycles. The van der Waals surface area contributed by atoms with Crippen molar-refractivity contribution >= 4 is 28.5 Å². The molecule has 0 aliphatic rings. The Labute approximate surface area is 67.5 Å². The van der Waals surface area contributed by atoms with Crippen LogP contribution in [0.3, 0.4) is 0 Å². The molecule has 0 fully saturated rings. The second-order valence-corrected chi connectivity index (χ2v) is 1.88. The molecule has 0 aliphatic carbocycles. The van der Waals surface area contributed by atoms with E-state index in [1.165, 1.54) is 13.2 Å². The number of aliphatic hydroxyl groups is 1. The topological polar surface area (TPSA) is 74.0 Å². The Morgan fingerprint density at radius 1 is 1.82 bits per heavy atom. The molecule has 0 aromatic heterocycles. The number of carbonyl (C=O) groups excluding carboxylic acids is 1. The second-order valence-electron chi connectivity index (χ2n) is 1.58. The standard InChI is InChI=1S/C4H9BN3O2P/c9-2-1-4(10)7-6-3-5-8-11/h3,9H,1-2,11H2,(H,7,10). The van der Waals surface area contributed by atoms with E-state index in [0.717, 1.165) is 0 Å². The van der Waals surface area contributed by atoms with Crippen molar-refractivity contribution < 1.29 is 9.90 Å². The molecular weight excluding hydrogens is 164 g/mol. The molecule has 2 N–H and O–H groups in total. The Bertz CT molecular complexity index is 173. The van der Waals surface area contributed by atoms with Gasteiger partial charge in [-0.2, -0.15) is 0 Å². The van der Waals surface area contributed by atoms with Gasteiger partial charge in [-0.1, -0.05) is 0 Å². The summed E-state index contributed by atoms with van der Waals surface area (Å²) >= 11 is 0. The van der Waals surface area contributed by atoms with Crippen molar-refractivity contribution in [2.75, 3.05) is 6.61 Å². The maximum absolute atomic E-state index is 10.6. The van der Waals surface area contributed by atoms with E-state index >= 15 is 0 Å². The molecule has 0 aromatic carbocycles. The number of nitrogens with zero attached hydrogens (tertiary/aromatic N) is 2. The quantitative estimate of drug-likeness (QED) is 0.250. The van der Waals surface area contributed by atoms with Gasteiger partial charge in [0.15, 0.2) is 0 Å². The van der Waals surface area contributed by atoms with Crippen LogP contribution in [0.5, 0.6) is 0 Å². The van der Waals surface area contributed by atoms with Gasteiger partial charge in [-0.15, -0.1) is 0 Å². The minimum atomic E-state index is -0.319. The van der Waals surface area contributed by atoms with Crippen LogP contribution in [0.25, 0.3) is 0 Å². The van der Waals surface area contributed by atoms with Gasteiger partial charge in [0.25, 0.3) is 0 Å². The molecule has 1 unspecified atom stereocenters. The van der Waals surface area contributed by atoms with Crippen LogP contribution in [-0.2, 0) is 4.79 Å². The van der Waals surface area contributed by atoms with Crippen molar-refractivity contribution in [2.24, 2.45) is 9.77 Å². The van der Waals surface area contributed by atoms with Gasteiger partial charge in [-0.25, -0.2) is 0 Å². The molecule has 0 saturated heterocycles. The fourth-order valence-corrected chi connectivity index (χ4v) is 0.416. The third-order valence-electron chi connectivity index (χ3n) is 0.755. The number of hydrogen-bond acceptors (Lipinski definition) is 4. The zero-order valence-electron chi connectivity index (χ0n) is 5.90. The zero-order valence-corrected chi connectivity index (χ0v) is 7.05. The first kappa shape index (κ1) is 10.4.